The van der Waals surface area contributed by atoms with E-state index in [9.17, 15) is 4.79 Å². The average Bonchev–Trinajstić information content (AvgIpc) is 3.17. The van der Waals surface area contributed by atoms with Crippen LogP contribution in [-0.2, 0) is 0 Å². The quantitative estimate of drug-likeness (QED) is 0.933. The van der Waals surface area contributed by atoms with E-state index >= 15 is 0 Å². The predicted molar refractivity (Wildman–Crippen MR) is 83.3 cm³/mol. The molecule has 1 aromatic rings. The minimum absolute atomic E-state index is 0.00718. The largest absolute Gasteiger partial charge is 0.486 e. The van der Waals surface area contributed by atoms with Crippen LogP contribution in [0.1, 0.15) is 43.0 Å². The van der Waals surface area contributed by atoms with E-state index in [1.807, 2.05) is 12.1 Å². The van der Waals surface area contributed by atoms with Crippen LogP contribution in [0.4, 0.5) is 0 Å². The van der Waals surface area contributed by atoms with Crippen LogP contribution < -0.4 is 14.8 Å². The number of rotatable bonds is 3. The molecule has 1 heterocycles. The van der Waals surface area contributed by atoms with Gasteiger partial charge >= 0.3 is 0 Å². The van der Waals surface area contributed by atoms with E-state index in [-0.39, 0.29) is 11.9 Å². The summed E-state index contributed by atoms with van der Waals surface area (Å²) in [5.41, 5.74) is 0.652. The molecule has 1 N–H and O–H groups in total. The third-order valence-corrected chi connectivity index (χ3v) is 5.60. The van der Waals surface area contributed by atoms with Gasteiger partial charge in [-0.2, -0.15) is 0 Å². The number of fused-ring (bicyclic) bond motifs is 3. The van der Waals surface area contributed by atoms with Crippen LogP contribution in [0.5, 0.6) is 11.5 Å². The lowest BCUT2D eigenvalue weighted by Crippen LogP contribution is -2.40. The third-order valence-electron chi connectivity index (χ3n) is 5.60. The number of carbonyl (C=O) groups is 1. The summed E-state index contributed by atoms with van der Waals surface area (Å²) in [6.45, 7) is 3.26. The molecule has 0 spiro atoms. The average molecular weight is 301 g/mol. The summed E-state index contributed by atoms with van der Waals surface area (Å²) in [5.74, 6) is 3.77. The molecule has 0 unspecified atom stereocenters. The van der Waals surface area contributed by atoms with Crippen LogP contribution in [0.15, 0.2) is 18.2 Å². The van der Waals surface area contributed by atoms with Crippen molar-refractivity contribution in [3.05, 3.63) is 23.8 Å². The van der Waals surface area contributed by atoms with Gasteiger partial charge in [-0.25, -0.2) is 0 Å². The molecule has 2 aliphatic carbocycles. The van der Waals surface area contributed by atoms with Crippen molar-refractivity contribution in [2.45, 2.75) is 38.6 Å². The van der Waals surface area contributed by atoms with E-state index in [2.05, 4.69) is 12.2 Å². The van der Waals surface area contributed by atoms with Crippen LogP contribution in [0.3, 0.4) is 0 Å². The summed E-state index contributed by atoms with van der Waals surface area (Å²) < 4.78 is 11.1. The molecule has 0 radical (unpaired) electrons. The van der Waals surface area contributed by atoms with Gasteiger partial charge in [0.25, 0.3) is 5.91 Å². The Morgan fingerprint density at radius 2 is 2.00 bits per heavy atom. The number of hydrogen-bond acceptors (Lipinski definition) is 3. The monoisotopic (exact) mass is 301 g/mol. The molecule has 4 nitrogen and oxygen atoms in total. The Labute approximate surface area is 131 Å². The molecule has 2 fully saturated rings. The molecule has 3 aliphatic rings. The van der Waals surface area contributed by atoms with Gasteiger partial charge in [-0.1, -0.05) is 6.42 Å². The first-order valence-corrected chi connectivity index (χ1v) is 8.41. The Kier molecular flexibility index (Phi) is 3.47. The Hall–Kier alpha value is -1.71. The van der Waals surface area contributed by atoms with Crippen molar-refractivity contribution in [2.24, 2.45) is 17.8 Å². The van der Waals surface area contributed by atoms with Crippen LogP contribution in [0, 0.1) is 17.8 Å². The lowest BCUT2D eigenvalue weighted by Gasteiger charge is -2.28. The fourth-order valence-electron chi connectivity index (χ4n) is 4.49. The zero-order chi connectivity index (χ0) is 15.1. The van der Waals surface area contributed by atoms with Crippen molar-refractivity contribution in [1.82, 2.24) is 5.32 Å². The fourth-order valence-corrected chi connectivity index (χ4v) is 4.49. The Balaban J connectivity index is 1.43. The van der Waals surface area contributed by atoms with Gasteiger partial charge in [0.15, 0.2) is 11.5 Å². The number of benzene rings is 1. The van der Waals surface area contributed by atoms with Gasteiger partial charge in [-0.05, 0) is 62.1 Å². The van der Waals surface area contributed by atoms with Gasteiger partial charge in [0.1, 0.15) is 13.2 Å². The zero-order valence-corrected chi connectivity index (χ0v) is 13.0. The maximum absolute atomic E-state index is 12.5. The molecule has 1 aromatic carbocycles. The van der Waals surface area contributed by atoms with Crippen LogP contribution >= 0.6 is 0 Å². The van der Waals surface area contributed by atoms with E-state index in [0.717, 1.165) is 17.6 Å². The SMILES string of the molecule is C[C@@H](NC(=O)c1ccc2c(c1)OCCO2)[C@@H]1C[C@H]2CC[C@H]1C2. The molecule has 118 valence electrons. The molecule has 2 bridgehead atoms. The fraction of sp³-hybridized carbons (Fsp3) is 0.611. The highest BCUT2D eigenvalue weighted by molar-refractivity contribution is 5.95. The predicted octanol–water partition coefficient (Wildman–Crippen LogP) is 3.01. The number of amides is 1. The first-order valence-electron chi connectivity index (χ1n) is 8.41. The number of nitrogens with one attached hydrogen (secondary N) is 1. The smallest absolute Gasteiger partial charge is 0.251 e. The van der Waals surface area contributed by atoms with Crippen LogP contribution in [0.2, 0.25) is 0 Å². The molecular weight excluding hydrogens is 278 g/mol. The normalized spacial score (nSPS) is 30.1. The second-order valence-corrected chi connectivity index (χ2v) is 6.96. The van der Waals surface area contributed by atoms with E-state index in [4.69, 9.17) is 9.47 Å². The molecule has 1 aliphatic heterocycles. The summed E-state index contributed by atoms with van der Waals surface area (Å²) in [6, 6.07) is 5.68. The summed E-state index contributed by atoms with van der Waals surface area (Å²) in [4.78, 5) is 12.5. The number of ether oxygens (including phenoxy) is 2. The molecular formula is C18H23NO3. The van der Waals surface area contributed by atoms with Crippen molar-refractivity contribution < 1.29 is 14.3 Å². The van der Waals surface area contributed by atoms with Crippen molar-refractivity contribution in [3.8, 4) is 11.5 Å². The van der Waals surface area contributed by atoms with Crippen molar-refractivity contribution >= 4 is 5.91 Å². The summed E-state index contributed by atoms with van der Waals surface area (Å²) in [5, 5.41) is 3.19. The summed E-state index contributed by atoms with van der Waals surface area (Å²) in [6.07, 6.45) is 5.39. The molecule has 4 heteroatoms. The van der Waals surface area contributed by atoms with Gasteiger partial charge in [0, 0.05) is 11.6 Å². The highest BCUT2D eigenvalue weighted by Crippen LogP contribution is 2.49. The first kappa shape index (κ1) is 13.9. The van der Waals surface area contributed by atoms with Crippen molar-refractivity contribution in [3.63, 3.8) is 0 Å². The van der Waals surface area contributed by atoms with E-state index in [0.29, 0.717) is 30.4 Å². The molecule has 4 rings (SSSR count). The van der Waals surface area contributed by atoms with E-state index in [1.165, 1.54) is 25.7 Å². The van der Waals surface area contributed by atoms with Gasteiger partial charge < -0.3 is 14.8 Å². The lowest BCUT2D eigenvalue weighted by atomic mass is 9.84. The highest BCUT2D eigenvalue weighted by atomic mass is 16.6. The molecule has 0 aromatic heterocycles. The van der Waals surface area contributed by atoms with Gasteiger partial charge in [0.05, 0.1) is 0 Å². The lowest BCUT2D eigenvalue weighted by molar-refractivity contribution is 0.0914. The zero-order valence-electron chi connectivity index (χ0n) is 13.0. The Bertz CT molecular complexity index is 586. The second kappa shape index (κ2) is 5.49. The van der Waals surface area contributed by atoms with Gasteiger partial charge in [-0.3, -0.25) is 4.79 Å². The van der Waals surface area contributed by atoms with Gasteiger partial charge in [0.2, 0.25) is 0 Å². The maximum atomic E-state index is 12.5. The maximum Gasteiger partial charge on any atom is 0.251 e. The van der Waals surface area contributed by atoms with Crippen molar-refractivity contribution in [1.29, 1.82) is 0 Å². The highest BCUT2D eigenvalue weighted by Gasteiger charge is 2.42. The van der Waals surface area contributed by atoms with Crippen LogP contribution in [0.25, 0.3) is 0 Å². The molecule has 4 atom stereocenters. The van der Waals surface area contributed by atoms with Crippen LogP contribution in [-0.4, -0.2) is 25.2 Å². The summed E-state index contributed by atoms with van der Waals surface area (Å²) >= 11 is 0. The Morgan fingerprint density at radius 3 is 2.73 bits per heavy atom. The van der Waals surface area contributed by atoms with E-state index in [1.54, 1.807) is 6.07 Å². The second-order valence-electron chi connectivity index (χ2n) is 6.96. The third kappa shape index (κ3) is 2.44. The first-order chi connectivity index (χ1) is 10.7. The topological polar surface area (TPSA) is 47.6 Å². The molecule has 22 heavy (non-hydrogen) atoms. The minimum atomic E-state index is -0.00718. The minimum Gasteiger partial charge on any atom is -0.486 e. The number of carbonyl (C=O) groups excluding carboxylic acids is 1. The number of hydrogen-bond donors (Lipinski definition) is 1. The van der Waals surface area contributed by atoms with Crippen molar-refractivity contribution in [2.75, 3.05) is 13.2 Å². The summed E-state index contributed by atoms with van der Waals surface area (Å²) in [7, 11) is 0. The van der Waals surface area contributed by atoms with Gasteiger partial charge in [-0.15, -0.1) is 0 Å². The molecule has 0 saturated heterocycles. The molecule has 1 amide bonds. The standard InChI is InChI=1S/C18H23NO3/c1-11(15-9-12-2-3-13(15)8-12)19-18(20)14-4-5-16-17(10-14)22-7-6-21-16/h4-5,10-13,15H,2-3,6-9H2,1H3,(H,19,20)/t11-,12+,13+,15+/m1/s1. The van der Waals surface area contributed by atoms with E-state index < -0.39 is 0 Å². The molecule has 2 saturated carbocycles. The Morgan fingerprint density at radius 1 is 1.18 bits per heavy atom.